The molecule has 6 heteroatoms. The maximum atomic E-state index is 13.2. The van der Waals surface area contributed by atoms with Crippen LogP contribution in [0.2, 0.25) is 0 Å². The van der Waals surface area contributed by atoms with Gasteiger partial charge < -0.3 is 23.7 Å². The molecule has 0 radical (unpaired) electrons. The third kappa shape index (κ3) is 3.36. The van der Waals surface area contributed by atoms with Gasteiger partial charge in [-0.3, -0.25) is 4.79 Å². The molecule has 0 saturated carbocycles. The fraction of sp³-hybridized carbons (Fsp3) is 0.476. The van der Waals surface area contributed by atoms with Crippen LogP contribution < -0.4 is 14.2 Å². The van der Waals surface area contributed by atoms with E-state index in [9.17, 15) is 4.79 Å². The lowest BCUT2D eigenvalue weighted by molar-refractivity contribution is -0.142. The SMILES string of the molecule is COc1cc(C2c3cccn3CCN2C(=O)C(C)(C)C)cc(OC)c1OC. The molecule has 2 heterocycles. The quantitative estimate of drug-likeness (QED) is 0.824. The molecule has 0 spiro atoms. The van der Waals surface area contributed by atoms with Crippen LogP contribution in [-0.4, -0.2) is 43.2 Å². The summed E-state index contributed by atoms with van der Waals surface area (Å²) in [4.78, 5) is 15.2. The molecule has 0 N–H and O–H groups in total. The Bertz CT molecular complexity index is 810. The number of rotatable bonds is 4. The molecule has 1 unspecified atom stereocenters. The molecule has 1 aliphatic heterocycles. The van der Waals surface area contributed by atoms with Crippen molar-refractivity contribution in [1.82, 2.24) is 9.47 Å². The molecule has 6 nitrogen and oxygen atoms in total. The minimum absolute atomic E-state index is 0.119. The molecule has 1 aromatic carbocycles. The molecule has 0 aliphatic carbocycles. The normalized spacial score (nSPS) is 16.7. The first-order chi connectivity index (χ1) is 12.8. The highest BCUT2D eigenvalue weighted by Crippen LogP contribution is 2.43. The number of hydrogen-bond donors (Lipinski definition) is 0. The molecule has 0 saturated heterocycles. The van der Waals surface area contributed by atoms with Gasteiger partial charge in [-0.15, -0.1) is 0 Å². The fourth-order valence-corrected chi connectivity index (χ4v) is 3.64. The summed E-state index contributed by atoms with van der Waals surface area (Å²) in [5.41, 5.74) is 1.54. The standard InChI is InChI=1S/C21H28N2O4/c1-21(2,3)20(24)23-11-10-22-9-7-8-15(22)18(23)14-12-16(25-4)19(27-6)17(13-14)26-5/h7-9,12-13,18H,10-11H2,1-6H3. The minimum Gasteiger partial charge on any atom is -0.493 e. The van der Waals surface area contributed by atoms with Gasteiger partial charge in [-0.2, -0.15) is 0 Å². The molecule has 1 aromatic heterocycles. The van der Waals surface area contributed by atoms with Crippen molar-refractivity contribution in [2.45, 2.75) is 33.4 Å². The first-order valence-corrected chi connectivity index (χ1v) is 9.07. The Morgan fingerprint density at radius 3 is 2.19 bits per heavy atom. The number of aromatic nitrogens is 1. The van der Waals surface area contributed by atoms with E-state index in [1.54, 1.807) is 21.3 Å². The van der Waals surface area contributed by atoms with E-state index in [-0.39, 0.29) is 11.9 Å². The van der Waals surface area contributed by atoms with Crippen molar-refractivity contribution in [3.8, 4) is 17.2 Å². The van der Waals surface area contributed by atoms with Crippen LogP contribution in [0.1, 0.15) is 38.1 Å². The van der Waals surface area contributed by atoms with Gasteiger partial charge >= 0.3 is 0 Å². The first-order valence-electron chi connectivity index (χ1n) is 9.07. The van der Waals surface area contributed by atoms with E-state index < -0.39 is 5.41 Å². The Morgan fingerprint density at radius 2 is 1.67 bits per heavy atom. The maximum absolute atomic E-state index is 13.2. The Morgan fingerprint density at radius 1 is 1.04 bits per heavy atom. The van der Waals surface area contributed by atoms with Crippen molar-refractivity contribution >= 4 is 5.91 Å². The molecule has 146 valence electrons. The lowest BCUT2D eigenvalue weighted by atomic mass is 9.91. The topological polar surface area (TPSA) is 52.9 Å². The minimum atomic E-state index is -0.465. The number of nitrogens with zero attached hydrogens (tertiary/aromatic N) is 2. The van der Waals surface area contributed by atoms with Crippen molar-refractivity contribution in [3.63, 3.8) is 0 Å². The molecular formula is C21H28N2O4. The third-order valence-corrected chi connectivity index (χ3v) is 4.94. The number of fused-ring (bicyclic) bond motifs is 1. The summed E-state index contributed by atoms with van der Waals surface area (Å²) in [5, 5.41) is 0. The van der Waals surface area contributed by atoms with Crippen LogP contribution in [0, 0.1) is 5.41 Å². The van der Waals surface area contributed by atoms with E-state index in [2.05, 4.69) is 16.8 Å². The van der Waals surface area contributed by atoms with Crippen molar-refractivity contribution in [3.05, 3.63) is 41.7 Å². The largest absolute Gasteiger partial charge is 0.493 e. The maximum Gasteiger partial charge on any atom is 0.228 e. The average Bonchev–Trinajstić information content (AvgIpc) is 3.13. The lowest BCUT2D eigenvalue weighted by Crippen LogP contribution is -2.47. The van der Waals surface area contributed by atoms with Crippen molar-refractivity contribution in [2.24, 2.45) is 5.41 Å². The first kappa shape index (κ1) is 19.1. The Balaban J connectivity index is 2.17. The number of ether oxygens (including phenoxy) is 3. The number of carbonyl (C=O) groups is 1. The molecule has 1 amide bonds. The molecule has 0 fully saturated rings. The predicted octanol–water partition coefficient (Wildman–Crippen LogP) is 3.49. The van der Waals surface area contributed by atoms with Gasteiger partial charge in [-0.25, -0.2) is 0 Å². The second-order valence-corrected chi connectivity index (χ2v) is 7.74. The summed E-state index contributed by atoms with van der Waals surface area (Å²) in [7, 11) is 4.78. The Hall–Kier alpha value is -2.63. The Kier molecular flexibility index (Phi) is 5.09. The number of carbonyl (C=O) groups excluding carboxylic acids is 1. The van der Waals surface area contributed by atoms with Gasteiger partial charge in [-0.1, -0.05) is 20.8 Å². The molecular weight excluding hydrogens is 344 g/mol. The summed E-state index contributed by atoms with van der Waals surface area (Å²) in [6.45, 7) is 7.30. The van der Waals surface area contributed by atoms with Gasteiger partial charge in [0.05, 0.1) is 27.4 Å². The van der Waals surface area contributed by atoms with Crippen molar-refractivity contribution in [2.75, 3.05) is 27.9 Å². The second-order valence-electron chi connectivity index (χ2n) is 7.74. The second kappa shape index (κ2) is 7.18. The van der Waals surface area contributed by atoms with E-state index in [0.717, 1.165) is 17.8 Å². The van der Waals surface area contributed by atoms with E-state index in [0.29, 0.717) is 23.8 Å². The van der Waals surface area contributed by atoms with Crippen molar-refractivity contribution < 1.29 is 19.0 Å². The number of benzene rings is 1. The van der Waals surface area contributed by atoms with Gasteiger partial charge in [0.15, 0.2) is 11.5 Å². The number of amides is 1. The lowest BCUT2D eigenvalue weighted by Gasteiger charge is -2.40. The highest BCUT2D eigenvalue weighted by Gasteiger charge is 2.37. The van der Waals surface area contributed by atoms with Crippen LogP contribution in [-0.2, 0) is 11.3 Å². The van der Waals surface area contributed by atoms with E-state index in [1.807, 2.05) is 43.9 Å². The summed E-state index contributed by atoms with van der Waals surface area (Å²) in [6, 6.07) is 7.73. The summed E-state index contributed by atoms with van der Waals surface area (Å²) in [5.74, 6) is 1.83. The molecule has 27 heavy (non-hydrogen) atoms. The van der Waals surface area contributed by atoms with Gasteiger partial charge in [0, 0.05) is 30.4 Å². The van der Waals surface area contributed by atoms with Crippen LogP contribution in [0.5, 0.6) is 17.2 Å². The predicted molar refractivity (Wildman–Crippen MR) is 104 cm³/mol. The van der Waals surface area contributed by atoms with Gasteiger partial charge in [-0.05, 0) is 29.8 Å². The monoisotopic (exact) mass is 372 g/mol. The summed E-state index contributed by atoms with van der Waals surface area (Å²) >= 11 is 0. The van der Waals surface area contributed by atoms with E-state index in [1.165, 1.54) is 0 Å². The van der Waals surface area contributed by atoms with Gasteiger partial charge in [0.25, 0.3) is 0 Å². The zero-order valence-electron chi connectivity index (χ0n) is 16.9. The van der Waals surface area contributed by atoms with Crippen molar-refractivity contribution in [1.29, 1.82) is 0 Å². The summed E-state index contributed by atoms with van der Waals surface area (Å²) in [6.07, 6.45) is 2.05. The highest BCUT2D eigenvalue weighted by atomic mass is 16.5. The van der Waals surface area contributed by atoms with Crippen LogP contribution in [0.3, 0.4) is 0 Å². The molecule has 1 aliphatic rings. The molecule has 3 rings (SSSR count). The highest BCUT2D eigenvalue weighted by molar-refractivity contribution is 5.82. The smallest absolute Gasteiger partial charge is 0.228 e. The van der Waals surface area contributed by atoms with Crippen LogP contribution in [0.4, 0.5) is 0 Å². The molecule has 0 bridgehead atoms. The van der Waals surface area contributed by atoms with Crippen LogP contribution >= 0.6 is 0 Å². The van der Waals surface area contributed by atoms with Gasteiger partial charge in [0.2, 0.25) is 11.7 Å². The fourth-order valence-electron chi connectivity index (χ4n) is 3.64. The van der Waals surface area contributed by atoms with E-state index in [4.69, 9.17) is 14.2 Å². The van der Waals surface area contributed by atoms with Gasteiger partial charge in [0.1, 0.15) is 0 Å². The number of methoxy groups -OCH3 is 3. The zero-order valence-corrected chi connectivity index (χ0v) is 16.9. The third-order valence-electron chi connectivity index (χ3n) is 4.94. The number of hydrogen-bond acceptors (Lipinski definition) is 4. The molecule has 1 atom stereocenters. The van der Waals surface area contributed by atoms with E-state index >= 15 is 0 Å². The summed E-state index contributed by atoms with van der Waals surface area (Å²) < 4.78 is 18.7. The molecule has 2 aromatic rings. The van der Waals surface area contributed by atoms with Crippen LogP contribution in [0.25, 0.3) is 0 Å². The zero-order chi connectivity index (χ0) is 19.8. The van der Waals surface area contributed by atoms with Crippen LogP contribution in [0.15, 0.2) is 30.5 Å². The Labute approximate surface area is 160 Å². The average molecular weight is 372 g/mol.